The van der Waals surface area contributed by atoms with E-state index in [2.05, 4.69) is 65.0 Å². The van der Waals surface area contributed by atoms with Crippen molar-refractivity contribution < 1.29 is 19.0 Å². The minimum atomic E-state index is 0.332. The van der Waals surface area contributed by atoms with Gasteiger partial charge in [0.25, 0.3) is 0 Å². The van der Waals surface area contributed by atoms with Crippen LogP contribution < -0.4 is 14.2 Å². The number of hydrogen-bond acceptors (Lipinski definition) is 7. The van der Waals surface area contributed by atoms with Crippen LogP contribution in [-0.4, -0.2) is 47.2 Å². The number of ether oxygens (including phenoxy) is 3. The Morgan fingerprint density at radius 3 is 2.15 bits per heavy atom. The molecule has 0 unspecified atom stereocenters. The van der Waals surface area contributed by atoms with E-state index in [0.29, 0.717) is 46.6 Å². The molecule has 9 heteroatoms. The predicted octanol–water partition coefficient (Wildman–Crippen LogP) is 10.1. The van der Waals surface area contributed by atoms with E-state index in [0.717, 1.165) is 72.7 Å². The van der Waals surface area contributed by atoms with Crippen molar-refractivity contribution in [1.29, 1.82) is 0 Å². The van der Waals surface area contributed by atoms with Gasteiger partial charge in [0.1, 0.15) is 31.0 Å². The fourth-order valence-electron chi connectivity index (χ4n) is 6.11. The number of benzene rings is 4. The monoisotopic (exact) mass is 735 g/mol. The molecule has 52 heavy (non-hydrogen) atoms. The summed E-state index contributed by atoms with van der Waals surface area (Å²) in [7, 11) is 0. The number of carbonyl (C=O) groups is 1. The molecule has 0 amide bonds. The first-order valence-corrected chi connectivity index (χ1v) is 18.3. The number of allylic oxidation sites excluding steroid dienone is 1. The predicted molar refractivity (Wildman–Crippen MR) is 208 cm³/mol. The van der Waals surface area contributed by atoms with Crippen molar-refractivity contribution in [1.82, 2.24) is 14.8 Å². The van der Waals surface area contributed by atoms with Gasteiger partial charge in [-0.15, -0.1) is 0 Å². The molecule has 0 bridgehead atoms. The maximum Gasteiger partial charge on any atom is 0.219 e. The Hall–Kier alpha value is -4.82. The highest BCUT2D eigenvalue weighted by Crippen LogP contribution is 2.36. The lowest BCUT2D eigenvalue weighted by Gasteiger charge is -2.37. The van der Waals surface area contributed by atoms with Gasteiger partial charge in [-0.05, 0) is 77.1 Å². The number of aryl methyl sites for hydroxylation is 1. The molecule has 1 aliphatic heterocycles. The van der Waals surface area contributed by atoms with Crippen molar-refractivity contribution in [3.8, 4) is 23.1 Å². The Bertz CT molecular complexity index is 1950. The van der Waals surface area contributed by atoms with Gasteiger partial charge in [-0.1, -0.05) is 91.6 Å². The van der Waals surface area contributed by atoms with Gasteiger partial charge >= 0.3 is 0 Å². The highest BCUT2D eigenvalue weighted by molar-refractivity contribution is 6.32. The standard InChI is InChI=1S/C43H43Cl2N3O4/c1-30(2)34-12-14-37(15-13-34)50-28-33-10-8-32(9-11-33)27-47-19-21-48(22-20-47)41(18-23-49)36-24-31(3)43(40(45)25-36)52-42-17-16-38(26-46-42)51-29-35-6-4-5-7-39(35)44/h4-18,23-26,30H,19-22,27-29H2,1-3H3/b41-18+. The van der Waals surface area contributed by atoms with Crippen LogP contribution in [-0.2, 0) is 24.6 Å². The number of rotatable bonds is 14. The van der Waals surface area contributed by atoms with Crippen molar-refractivity contribution in [2.24, 2.45) is 0 Å². The zero-order chi connectivity index (χ0) is 36.5. The second kappa shape index (κ2) is 17.6. The van der Waals surface area contributed by atoms with Gasteiger partial charge in [0.2, 0.25) is 5.88 Å². The molecule has 6 rings (SSSR count). The summed E-state index contributed by atoms with van der Waals surface area (Å²) in [6.45, 7) is 11.3. The van der Waals surface area contributed by atoms with Crippen LogP contribution in [0, 0.1) is 6.92 Å². The van der Waals surface area contributed by atoms with Gasteiger partial charge in [-0.25, -0.2) is 4.98 Å². The molecule has 1 saturated heterocycles. The van der Waals surface area contributed by atoms with E-state index >= 15 is 0 Å². The smallest absolute Gasteiger partial charge is 0.219 e. The molecule has 0 saturated carbocycles. The molecule has 1 aliphatic rings. The molecule has 0 spiro atoms. The molecule has 0 aliphatic carbocycles. The van der Waals surface area contributed by atoms with Gasteiger partial charge in [-0.3, -0.25) is 9.69 Å². The largest absolute Gasteiger partial charge is 0.489 e. The molecule has 7 nitrogen and oxygen atoms in total. The van der Waals surface area contributed by atoms with Crippen LogP contribution in [0.1, 0.15) is 53.1 Å². The molecule has 0 atom stereocenters. The topological polar surface area (TPSA) is 64.1 Å². The van der Waals surface area contributed by atoms with Gasteiger partial charge in [0.15, 0.2) is 5.75 Å². The van der Waals surface area contributed by atoms with E-state index in [9.17, 15) is 4.79 Å². The third-order valence-electron chi connectivity index (χ3n) is 9.11. The van der Waals surface area contributed by atoms with E-state index in [1.165, 1.54) is 11.1 Å². The number of carbonyl (C=O) groups excluding carboxylic acids is 1. The van der Waals surface area contributed by atoms with Crippen molar-refractivity contribution >= 4 is 35.2 Å². The summed E-state index contributed by atoms with van der Waals surface area (Å²) in [5.41, 5.74) is 7.13. The maximum atomic E-state index is 11.8. The first kappa shape index (κ1) is 37.0. The Morgan fingerprint density at radius 1 is 0.808 bits per heavy atom. The number of halogens is 2. The van der Waals surface area contributed by atoms with Crippen LogP contribution in [0.25, 0.3) is 5.70 Å². The van der Waals surface area contributed by atoms with E-state index in [-0.39, 0.29) is 0 Å². The maximum absolute atomic E-state index is 11.8. The molecule has 0 N–H and O–H groups in total. The van der Waals surface area contributed by atoms with E-state index in [1.807, 2.05) is 55.5 Å². The first-order valence-electron chi connectivity index (χ1n) is 17.5. The molecule has 2 heterocycles. The minimum Gasteiger partial charge on any atom is -0.489 e. The lowest BCUT2D eigenvalue weighted by molar-refractivity contribution is -0.104. The Morgan fingerprint density at radius 2 is 1.50 bits per heavy atom. The van der Waals surface area contributed by atoms with Crippen LogP contribution in [0.4, 0.5) is 0 Å². The molecular weight excluding hydrogens is 693 g/mol. The average Bonchev–Trinajstić information content (AvgIpc) is 3.16. The highest BCUT2D eigenvalue weighted by atomic mass is 35.5. The summed E-state index contributed by atoms with van der Waals surface area (Å²) < 4.78 is 18.0. The van der Waals surface area contributed by atoms with Crippen molar-refractivity contribution in [2.45, 2.75) is 46.4 Å². The second-order valence-corrected chi connectivity index (χ2v) is 14.0. The molecule has 268 valence electrons. The summed E-state index contributed by atoms with van der Waals surface area (Å²) in [6.07, 6.45) is 4.05. The summed E-state index contributed by atoms with van der Waals surface area (Å²) in [4.78, 5) is 20.9. The van der Waals surface area contributed by atoms with Crippen LogP contribution in [0.3, 0.4) is 0 Å². The van der Waals surface area contributed by atoms with Gasteiger partial charge in [0.05, 0.1) is 11.2 Å². The lowest BCUT2D eigenvalue weighted by Crippen LogP contribution is -2.45. The minimum absolute atomic E-state index is 0.332. The normalized spacial score (nSPS) is 13.7. The number of aromatic nitrogens is 1. The molecule has 5 aromatic rings. The van der Waals surface area contributed by atoms with Gasteiger partial charge < -0.3 is 19.1 Å². The SMILES string of the molecule is Cc1cc(/C(=C\C=O)N2CCN(Cc3ccc(COc4ccc(C(C)C)cc4)cc3)CC2)cc(Cl)c1Oc1ccc(OCc2ccccc2Cl)cn1. The second-order valence-electron chi connectivity index (χ2n) is 13.2. The van der Waals surface area contributed by atoms with Crippen LogP contribution in [0.15, 0.2) is 109 Å². The van der Waals surface area contributed by atoms with Crippen molar-refractivity contribution in [3.05, 3.63) is 153 Å². The summed E-state index contributed by atoms with van der Waals surface area (Å²) in [5.74, 6) is 2.88. The zero-order valence-corrected chi connectivity index (χ0v) is 31.2. The summed E-state index contributed by atoms with van der Waals surface area (Å²) in [5, 5.41) is 1.09. The fraction of sp³-hybridized carbons (Fsp3) is 0.256. The quantitative estimate of drug-likeness (QED) is 0.0831. The fourth-order valence-corrected chi connectivity index (χ4v) is 6.61. The van der Waals surface area contributed by atoms with Gasteiger partial charge in [-0.2, -0.15) is 0 Å². The Labute approximate surface area is 316 Å². The molecular formula is C43H43Cl2N3O4. The Kier molecular flexibility index (Phi) is 12.5. The molecule has 4 aromatic carbocycles. The lowest BCUT2D eigenvalue weighted by atomic mass is 10.0. The summed E-state index contributed by atoms with van der Waals surface area (Å²) in [6, 6.07) is 31.9. The van der Waals surface area contributed by atoms with Crippen LogP contribution in [0.2, 0.25) is 10.0 Å². The van der Waals surface area contributed by atoms with Gasteiger partial charge in [0, 0.05) is 61.1 Å². The Balaban J connectivity index is 1.01. The average molecular weight is 737 g/mol. The van der Waals surface area contributed by atoms with Crippen LogP contribution in [0.5, 0.6) is 23.1 Å². The number of piperazine rings is 1. The van der Waals surface area contributed by atoms with Crippen molar-refractivity contribution in [2.75, 3.05) is 26.2 Å². The zero-order valence-electron chi connectivity index (χ0n) is 29.7. The number of aldehydes is 1. The van der Waals surface area contributed by atoms with Crippen molar-refractivity contribution in [3.63, 3.8) is 0 Å². The number of pyridine rings is 1. The molecule has 0 radical (unpaired) electrons. The molecule has 1 aromatic heterocycles. The molecule has 1 fully saturated rings. The number of nitrogens with zero attached hydrogens (tertiary/aromatic N) is 3. The third-order valence-corrected chi connectivity index (χ3v) is 9.76. The van der Waals surface area contributed by atoms with E-state index in [1.54, 1.807) is 24.4 Å². The summed E-state index contributed by atoms with van der Waals surface area (Å²) >= 11 is 13.0. The first-order chi connectivity index (χ1) is 25.2. The van der Waals surface area contributed by atoms with Crippen LogP contribution >= 0.6 is 23.2 Å². The van der Waals surface area contributed by atoms with E-state index < -0.39 is 0 Å². The highest BCUT2D eigenvalue weighted by Gasteiger charge is 2.22. The number of hydrogen-bond donors (Lipinski definition) is 0. The third kappa shape index (κ3) is 9.73. The van der Waals surface area contributed by atoms with E-state index in [4.69, 9.17) is 37.4 Å².